The van der Waals surface area contributed by atoms with Gasteiger partial charge in [0.1, 0.15) is 0 Å². The third kappa shape index (κ3) is 5.06. The van der Waals surface area contributed by atoms with Gasteiger partial charge in [-0.1, -0.05) is 48.0 Å². The van der Waals surface area contributed by atoms with Crippen LogP contribution in [0.15, 0.2) is 48.5 Å². The molecule has 5 heteroatoms. The molecule has 0 bridgehead atoms. The van der Waals surface area contributed by atoms with Gasteiger partial charge in [-0.2, -0.15) is 0 Å². The number of hydrogen-bond acceptors (Lipinski definition) is 3. The minimum absolute atomic E-state index is 0.0571. The Hall–Kier alpha value is -1.88. The van der Waals surface area contributed by atoms with Crippen molar-refractivity contribution in [1.82, 2.24) is 5.32 Å². The van der Waals surface area contributed by atoms with E-state index >= 15 is 0 Å². The van der Waals surface area contributed by atoms with Gasteiger partial charge >= 0.3 is 0 Å². The van der Waals surface area contributed by atoms with Gasteiger partial charge in [0.15, 0.2) is 0 Å². The summed E-state index contributed by atoms with van der Waals surface area (Å²) >= 11 is 6.05. The van der Waals surface area contributed by atoms with Gasteiger partial charge in [-0.3, -0.25) is 4.79 Å². The molecular weight excluding hydrogens is 312 g/mol. The molecule has 122 valence electrons. The Bertz CT molecular complexity index is 647. The molecule has 0 aliphatic carbocycles. The summed E-state index contributed by atoms with van der Waals surface area (Å²) in [6.07, 6.45) is 0.549. The third-order valence-electron chi connectivity index (χ3n) is 3.67. The minimum Gasteiger partial charge on any atom is -0.396 e. The average Bonchev–Trinajstić information content (AvgIpc) is 2.56. The first-order valence-electron chi connectivity index (χ1n) is 7.56. The van der Waals surface area contributed by atoms with Crippen molar-refractivity contribution in [3.63, 3.8) is 0 Å². The Kier molecular flexibility index (Phi) is 6.59. The molecule has 1 unspecified atom stereocenters. The van der Waals surface area contributed by atoms with Gasteiger partial charge in [0.25, 0.3) is 0 Å². The van der Waals surface area contributed by atoms with Gasteiger partial charge in [-0.25, -0.2) is 0 Å². The highest BCUT2D eigenvalue weighted by Crippen LogP contribution is 2.23. The first-order chi connectivity index (χ1) is 11.1. The highest BCUT2D eigenvalue weighted by molar-refractivity contribution is 6.31. The SMILES string of the molecule is Cc1c(Cl)cccc1NC(=O)CNC(CCO)c1ccccc1. The van der Waals surface area contributed by atoms with E-state index in [0.29, 0.717) is 17.1 Å². The van der Waals surface area contributed by atoms with Crippen LogP contribution in [0.3, 0.4) is 0 Å². The molecule has 0 fully saturated rings. The maximum absolute atomic E-state index is 12.1. The molecule has 3 N–H and O–H groups in total. The van der Waals surface area contributed by atoms with Gasteiger partial charge in [-0.15, -0.1) is 0 Å². The molecule has 1 atom stereocenters. The first-order valence-corrected chi connectivity index (χ1v) is 7.93. The van der Waals surface area contributed by atoms with Gasteiger partial charge in [0.2, 0.25) is 5.91 Å². The van der Waals surface area contributed by atoms with Gasteiger partial charge in [0, 0.05) is 23.4 Å². The van der Waals surface area contributed by atoms with Crippen LogP contribution in [0.2, 0.25) is 5.02 Å². The number of anilines is 1. The fourth-order valence-electron chi connectivity index (χ4n) is 2.35. The van der Waals surface area contributed by atoms with E-state index in [2.05, 4.69) is 10.6 Å². The highest BCUT2D eigenvalue weighted by Gasteiger charge is 2.13. The Morgan fingerprint density at radius 3 is 2.61 bits per heavy atom. The van der Waals surface area contributed by atoms with Crippen molar-refractivity contribution in [1.29, 1.82) is 0 Å². The van der Waals surface area contributed by atoms with E-state index in [-0.39, 0.29) is 25.1 Å². The van der Waals surface area contributed by atoms with Gasteiger partial charge < -0.3 is 15.7 Å². The van der Waals surface area contributed by atoms with Gasteiger partial charge in [0.05, 0.1) is 6.54 Å². The highest BCUT2D eigenvalue weighted by atomic mass is 35.5. The van der Waals surface area contributed by atoms with Crippen LogP contribution in [-0.4, -0.2) is 24.2 Å². The van der Waals surface area contributed by atoms with E-state index in [0.717, 1.165) is 11.1 Å². The number of carbonyl (C=O) groups is 1. The number of amides is 1. The van der Waals surface area contributed by atoms with Crippen LogP contribution < -0.4 is 10.6 Å². The topological polar surface area (TPSA) is 61.4 Å². The molecule has 2 aromatic carbocycles. The molecule has 4 nitrogen and oxygen atoms in total. The summed E-state index contributed by atoms with van der Waals surface area (Å²) in [5, 5.41) is 15.9. The molecule has 0 spiro atoms. The number of rotatable bonds is 7. The molecule has 0 aromatic heterocycles. The fourth-order valence-corrected chi connectivity index (χ4v) is 2.53. The van der Waals surface area contributed by atoms with Crippen molar-refractivity contribution in [2.45, 2.75) is 19.4 Å². The summed E-state index contributed by atoms with van der Waals surface area (Å²) in [4.78, 5) is 12.1. The number of hydrogen-bond donors (Lipinski definition) is 3. The normalized spacial score (nSPS) is 12.0. The molecular formula is C18H21ClN2O2. The Labute approximate surface area is 141 Å². The van der Waals surface area contributed by atoms with Crippen molar-refractivity contribution >= 4 is 23.2 Å². The Morgan fingerprint density at radius 1 is 1.17 bits per heavy atom. The van der Waals surface area contributed by atoms with Crippen molar-refractivity contribution < 1.29 is 9.90 Å². The zero-order valence-electron chi connectivity index (χ0n) is 13.1. The molecule has 0 aliphatic rings. The van der Waals surface area contributed by atoms with Crippen LogP contribution in [0.1, 0.15) is 23.6 Å². The van der Waals surface area contributed by atoms with E-state index in [1.165, 1.54) is 0 Å². The van der Waals surface area contributed by atoms with Crippen LogP contribution in [0.4, 0.5) is 5.69 Å². The monoisotopic (exact) mass is 332 g/mol. The Balaban J connectivity index is 1.95. The second kappa shape index (κ2) is 8.67. The van der Waals surface area contributed by atoms with Crippen LogP contribution >= 0.6 is 11.6 Å². The van der Waals surface area contributed by atoms with Crippen LogP contribution in [0.25, 0.3) is 0 Å². The summed E-state index contributed by atoms with van der Waals surface area (Å²) in [5.74, 6) is -0.144. The molecule has 1 amide bonds. The van der Waals surface area contributed by atoms with Crippen LogP contribution in [-0.2, 0) is 4.79 Å². The number of benzene rings is 2. The lowest BCUT2D eigenvalue weighted by Crippen LogP contribution is -2.32. The van der Waals surface area contributed by atoms with Crippen molar-refractivity contribution in [2.75, 3.05) is 18.5 Å². The van der Waals surface area contributed by atoms with E-state index in [1.807, 2.05) is 43.3 Å². The van der Waals surface area contributed by atoms with E-state index in [1.54, 1.807) is 12.1 Å². The van der Waals surface area contributed by atoms with E-state index in [9.17, 15) is 9.90 Å². The summed E-state index contributed by atoms with van der Waals surface area (Å²) in [6.45, 7) is 2.08. The molecule has 0 saturated carbocycles. The number of aliphatic hydroxyl groups is 1. The summed E-state index contributed by atoms with van der Waals surface area (Å²) < 4.78 is 0. The molecule has 2 rings (SSSR count). The fraction of sp³-hybridized carbons (Fsp3) is 0.278. The lowest BCUT2D eigenvalue weighted by Gasteiger charge is -2.18. The molecule has 0 aliphatic heterocycles. The molecule has 2 aromatic rings. The lowest BCUT2D eigenvalue weighted by molar-refractivity contribution is -0.115. The molecule has 0 saturated heterocycles. The number of aliphatic hydroxyl groups excluding tert-OH is 1. The maximum Gasteiger partial charge on any atom is 0.238 e. The van der Waals surface area contributed by atoms with Gasteiger partial charge in [-0.05, 0) is 36.6 Å². The second-order valence-electron chi connectivity index (χ2n) is 5.32. The van der Waals surface area contributed by atoms with Crippen LogP contribution in [0, 0.1) is 6.92 Å². The third-order valence-corrected chi connectivity index (χ3v) is 4.08. The Morgan fingerprint density at radius 2 is 1.91 bits per heavy atom. The van der Waals surface area contributed by atoms with E-state index < -0.39 is 0 Å². The zero-order valence-corrected chi connectivity index (χ0v) is 13.8. The standard InChI is InChI=1S/C18H21ClN2O2/c1-13-15(19)8-5-9-16(13)21-18(23)12-20-17(10-11-22)14-6-3-2-4-7-14/h2-9,17,20,22H,10-12H2,1H3,(H,21,23). The second-order valence-corrected chi connectivity index (χ2v) is 5.72. The lowest BCUT2D eigenvalue weighted by atomic mass is 10.0. The molecule has 0 heterocycles. The van der Waals surface area contributed by atoms with E-state index in [4.69, 9.17) is 11.6 Å². The minimum atomic E-state index is -0.144. The zero-order chi connectivity index (χ0) is 16.7. The quantitative estimate of drug-likeness (QED) is 0.729. The number of halogens is 1. The summed E-state index contributed by atoms with van der Waals surface area (Å²) in [7, 11) is 0. The van der Waals surface area contributed by atoms with Crippen LogP contribution in [0.5, 0.6) is 0 Å². The predicted molar refractivity (Wildman–Crippen MR) is 93.7 cm³/mol. The smallest absolute Gasteiger partial charge is 0.238 e. The predicted octanol–water partition coefficient (Wildman–Crippen LogP) is 3.30. The molecule has 23 heavy (non-hydrogen) atoms. The van der Waals surface area contributed by atoms with Crippen molar-refractivity contribution in [2.24, 2.45) is 0 Å². The van der Waals surface area contributed by atoms with Crippen molar-refractivity contribution in [3.05, 3.63) is 64.7 Å². The number of carbonyl (C=O) groups excluding carboxylic acids is 1. The summed E-state index contributed by atoms with van der Waals surface area (Å²) in [5.41, 5.74) is 2.61. The number of nitrogens with one attached hydrogen (secondary N) is 2. The maximum atomic E-state index is 12.1. The summed E-state index contributed by atoms with van der Waals surface area (Å²) in [6, 6.07) is 15.1. The van der Waals surface area contributed by atoms with Crippen molar-refractivity contribution in [3.8, 4) is 0 Å². The largest absolute Gasteiger partial charge is 0.396 e. The average molecular weight is 333 g/mol. The first kappa shape index (κ1) is 17.5. The molecule has 0 radical (unpaired) electrons.